The monoisotopic (exact) mass is 1730 g/mol. The van der Waals surface area contributed by atoms with Gasteiger partial charge in [0.05, 0.1) is 88.1 Å². The number of nitrogens with one attached hydrogen (secondary N) is 2. The van der Waals surface area contributed by atoms with Gasteiger partial charge in [-0.15, -0.1) is 34.0 Å². The van der Waals surface area contributed by atoms with Gasteiger partial charge in [0.15, 0.2) is 33.7 Å². The smallest absolute Gasteiger partial charge is 0.223 e. The molecular weight excluding hydrogens is 1640 g/mol. The number of thiophene rings is 1. The summed E-state index contributed by atoms with van der Waals surface area (Å²) in [7, 11) is 0. The average molecular weight is 1730 g/mol. The Labute approximate surface area is 729 Å². The van der Waals surface area contributed by atoms with Gasteiger partial charge in [0, 0.05) is 240 Å². The van der Waals surface area contributed by atoms with Gasteiger partial charge in [0.1, 0.15) is 5.01 Å². The fraction of sp³-hybridized carbons (Fsp3) is 0.247. The van der Waals surface area contributed by atoms with Crippen LogP contribution in [0.4, 0.5) is 0 Å². The van der Waals surface area contributed by atoms with Crippen molar-refractivity contribution in [1.29, 1.82) is 0 Å². The average Bonchev–Trinajstić information content (AvgIpc) is 1.64. The second kappa shape index (κ2) is 37.3. The first-order chi connectivity index (χ1) is 60.7. The highest BCUT2D eigenvalue weighted by Crippen LogP contribution is 2.33. The molecule has 5 aliphatic rings. The molecule has 638 valence electrons. The molecular formula is C93H93N19O10S3. The molecule has 0 unspecified atom stereocenters. The lowest BCUT2D eigenvalue weighted by Crippen LogP contribution is -2.35. The first-order valence-electron chi connectivity index (χ1n) is 41.2. The maximum atomic E-state index is 11.8. The summed E-state index contributed by atoms with van der Waals surface area (Å²) < 4.78 is 13.9. The van der Waals surface area contributed by atoms with Crippen molar-refractivity contribution in [1.82, 2.24) is 91.9 Å². The van der Waals surface area contributed by atoms with Crippen LogP contribution in [0.5, 0.6) is 28.7 Å². The molecule has 7 N–H and O–H groups in total. The number of aryl methyl sites for hydroxylation is 2. The van der Waals surface area contributed by atoms with Crippen LogP contribution in [0.15, 0.2) is 247 Å². The standard InChI is InChI=1S/C21H20N4O2S.C20H22N4O2.C18H18N4O2.C18H17N3O2S.C16H16N4O2S/c1-14-2-4-15(5-3-14)20-17(25-8-9-28-21(25)22-20)12-23-6-7-24-13-19(27)18(26)10-16(24)11-23;1-14-18(15(2)24(21-14)16-6-4-3-5-7-16)12-22-8-9-23-13-20(26)19(25)10-17(23)11-22;23-16-8-15-11-21(6-7-22(15)12-17(16)24)10-14-9-19-20-18(14)13-4-2-1-3-5-13;22-16-8-15-10-20(6-7-21(15)11-17(16)23)9-14-12-24-18(19-14)13-4-2-1-3-5-13;21-13-6-12-9-19(3-4-20(12)10-14(13)22)8-11-7-17-18-16(11)15-2-1-5-23-15/h2-5,8-10,13,27H,6-7,11-12H2,1H3;3-7,10,13,26H,8-9,11-12H2,1-2H3;1-5,8-9,12,24H,6-7,10-11H2,(H,19,20);1-5,8,11-12,23H,6-7,9-10H2;1-2,5-7,10,22H,3-4,8-9H2,(H,17,18). The number of pyridine rings is 5. The number of H-pyrrole nitrogens is 2. The Morgan fingerprint density at radius 2 is 0.840 bits per heavy atom. The van der Waals surface area contributed by atoms with E-state index in [2.05, 4.69) is 152 Å². The van der Waals surface area contributed by atoms with E-state index in [4.69, 9.17) is 15.1 Å². The number of aromatic hydroxyl groups is 5. The van der Waals surface area contributed by atoms with E-state index in [0.29, 0.717) is 32.7 Å². The molecule has 0 amide bonds. The van der Waals surface area contributed by atoms with Gasteiger partial charge in [-0.25, -0.2) is 14.6 Å². The second-order valence-electron chi connectivity index (χ2n) is 31.7. The maximum absolute atomic E-state index is 11.8. The Morgan fingerprint density at radius 1 is 0.408 bits per heavy atom. The predicted octanol–water partition coefficient (Wildman–Crippen LogP) is 12.3. The van der Waals surface area contributed by atoms with Gasteiger partial charge in [-0.05, 0) is 49.9 Å². The van der Waals surface area contributed by atoms with Crippen molar-refractivity contribution in [3.8, 4) is 78.1 Å². The summed E-state index contributed by atoms with van der Waals surface area (Å²) in [6.07, 6.45) is 13.5. The maximum Gasteiger partial charge on any atom is 0.223 e. The van der Waals surface area contributed by atoms with E-state index >= 15 is 0 Å². The van der Waals surface area contributed by atoms with Gasteiger partial charge in [-0.1, -0.05) is 115 Å². The van der Waals surface area contributed by atoms with E-state index in [9.17, 15) is 49.5 Å². The SMILES string of the molecule is Cc1ccc(-c2nc3sccn3c2CN2CCn3cc(O)c(=O)cc3C2)cc1.Cc1nn(-c2ccccc2)c(C)c1CN1CCn2cc(O)c(=O)cc2C1.O=c1cc2n(cc1O)CCN(Cc1cn[nH]c1-c1ccccc1)C2.O=c1cc2n(cc1O)CCN(Cc1cn[nH]c1-c1cccs1)C2.O=c1cc2n(cc1O)CCN(Cc1csc(-c3ccccc3)n1)C2. The van der Waals surface area contributed by atoms with Crippen molar-refractivity contribution in [3.63, 3.8) is 0 Å². The largest absolute Gasteiger partial charge is 0.503 e. The second-order valence-corrected chi connectivity index (χ2v) is 34.4. The number of imidazole rings is 1. The fourth-order valence-corrected chi connectivity index (χ4v) is 18.7. The number of thiazole rings is 2. The molecule has 0 bridgehead atoms. The molecule has 4 aromatic carbocycles. The summed E-state index contributed by atoms with van der Waals surface area (Å²) in [6, 6.07) is 50.7. The van der Waals surface area contributed by atoms with Crippen LogP contribution in [0.1, 0.15) is 73.5 Å². The number of benzene rings is 4. The highest BCUT2D eigenvalue weighted by molar-refractivity contribution is 7.15. The van der Waals surface area contributed by atoms with E-state index in [0.717, 1.165) is 210 Å². The quantitative estimate of drug-likeness (QED) is 0.0501. The van der Waals surface area contributed by atoms with Crippen LogP contribution in [0.2, 0.25) is 0 Å². The Bertz CT molecular complexity index is 6820. The molecule has 0 fully saturated rings. The first-order valence-corrected chi connectivity index (χ1v) is 43.8. The van der Waals surface area contributed by atoms with Crippen LogP contribution in [0.25, 0.3) is 54.3 Å². The Balaban J connectivity index is 0.000000111. The van der Waals surface area contributed by atoms with Crippen molar-refractivity contribution < 1.29 is 25.5 Å². The number of hydrogen-bond acceptors (Lipinski definition) is 23. The summed E-state index contributed by atoms with van der Waals surface area (Å²) >= 11 is 4.98. The molecule has 0 saturated heterocycles. The lowest BCUT2D eigenvalue weighted by atomic mass is 10.1. The first kappa shape index (κ1) is 83.8. The van der Waals surface area contributed by atoms with Crippen molar-refractivity contribution in [2.45, 2.75) is 119 Å². The van der Waals surface area contributed by atoms with Gasteiger partial charge in [-0.2, -0.15) is 15.3 Å². The van der Waals surface area contributed by atoms with Crippen LogP contribution in [-0.2, 0) is 98.2 Å². The Kier molecular flexibility index (Phi) is 25.0. The number of fused-ring (bicyclic) bond motifs is 6. The molecule has 0 radical (unpaired) electrons. The summed E-state index contributed by atoms with van der Waals surface area (Å²) in [5.41, 5.74) is 19.7. The van der Waals surface area contributed by atoms with Crippen molar-refractivity contribution in [3.05, 3.63) is 348 Å². The molecule has 32 heteroatoms. The predicted molar refractivity (Wildman–Crippen MR) is 482 cm³/mol. The van der Waals surface area contributed by atoms with Crippen LogP contribution in [-0.4, -0.2) is 150 Å². The summed E-state index contributed by atoms with van der Waals surface area (Å²) in [5.74, 6) is -0.919. The summed E-state index contributed by atoms with van der Waals surface area (Å²) in [6.45, 7) is 21.5. The Morgan fingerprint density at radius 3 is 1.31 bits per heavy atom. The molecule has 0 spiro atoms. The normalized spacial score (nSPS) is 14.5. The lowest BCUT2D eigenvalue weighted by Gasteiger charge is -2.30. The highest BCUT2D eigenvalue weighted by atomic mass is 32.1. The fourth-order valence-electron chi connectivity index (χ4n) is 16.4. The third-order valence-electron chi connectivity index (χ3n) is 23.1. The minimum atomic E-state index is -0.323. The van der Waals surface area contributed by atoms with E-state index in [1.807, 2.05) is 107 Å². The Hall–Kier alpha value is -13.4. The minimum absolute atomic E-state index is 0.181. The summed E-state index contributed by atoms with van der Waals surface area (Å²) in [5, 5.41) is 74.4. The number of aromatic amines is 2. The van der Waals surface area contributed by atoms with E-state index in [1.54, 1.807) is 52.5 Å². The van der Waals surface area contributed by atoms with E-state index in [1.165, 1.54) is 58.9 Å². The third kappa shape index (κ3) is 19.3. The number of para-hydroxylation sites is 1. The topological polar surface area (TPSA) is 333 Å². The number of rotatable bonds is 15. The molecule has 16 aromatic rings. The molecule has 0 aliphatic carbocycles. The van der Waals surface area contributed by atoms with E-state index < -0.39 is 0 Å². The third-order valence-corrected chi connectivity index (χ3v) is 25.7. The minimum Gasteiger partial charge on any atom is -0.503 e. The molecule has 12 aromatic heterocycles. The molecule has 0 saturated carbocycles. The zero-order valence-corrected chi connectivity index (χ0v) is 71.6. The van der Waals surface area contributed by atoms with Crippen molar-refractivity contribution in [2.24, 2.45) is 0 Å². The van der Waals surface area contributed by atoms with Gasteiger partial charge < -0.3 is 48.4 Å². The summed E-state index contributed by atoms with van der Waals surface area (Å²) in [4.78, 5) is 81.7. The van der Waals surface area contributed by atoms with Crippen molar-refractivity contribution >= 4 is 39.0 Å². The molecule has 29 nitrogen and oxygen atoms in total. The zero-order valence-electron chi connectivity index (χ0n) is 69.1. The van der Waals surface area contributed by atoms with Crippen LogP contribution < -0.4 is 27.1 Å². The number of aromatic nitrogens is 14. The zero-order chi connectivity index (χ0) is 86.4. The van der Waals surface area contributed by atoms with Crippen LogP contribution >= 0.6 is 34.0 Å². The van der Waals surface area contributed by atoms with Gasteiger partial charge in [0.25, 0.3) is 0 Å². The van der Waals surface area contributed by atoms with Gasteiger partial charge in [-0.3, -0.25) is 63.1 Å². The molecule has 5 aliphatic heterocycles. The van der Waals surface area contributed by atoms with Crippen LogP contribution in [0.3, 0.4) is 0 Å². The van der Waals surface area contributed by atoms with E-state index in [-0.39, 0.29) is 55.9 Å². The van der Waals surface area contributed by atoms with Gasteiger partial charge in [0.2, 0.25) is 27.1 Å². The van der Waals surface area contributed by atoms with Crippen LogP contribution in [0, 0.1) is 20.8 Å². The molecule has 17 heterocycles. The molecule has 125 heavy (non-hydrogen) atoms. The molecule has 21 rings (SSSR count). The van der Waals surface area contributed by atoms with Gasteiger partial charge >= 0.3 is 0 Å². The number of hydrogen-bond donors (Lipinski definition) is 7. The van der Waals surface area contributed by atoms with Crippen molar-refractivity contribution in [2.75, 3.05) is 32.7 Å². The molecule has 0 atom stereocenters. The number of nitrogens with zero attached hydrogens (tertiary/aromatic N) is 17. The lowest BCUT2D eigenvalue weighted by molar-refractivity contribution is 0.207. The highest BCUT2D eigenvalue weighted by Gasteiger charge is 2.27.